The summed E-state index contributed by atoms with van der Waals surface area (Å²) in [6, 6.07) is 3.72. The van der Waals surface area contributed by atoms with E-state index >= 15 is 0 Å². The van der Waals surface area contributed by atoms with Crippen molar-refractivity contribution >= 4 is 45.0 Å². The van der Waals surface area contributed by atoms with Crippen LogP contribution < -0.4 is 10.1 Å². The largest absolute Gasteiger partial charge is 0.573 e. The molecule has 2 aromatic rings. The lowest BCUT2D eigenvalue weighted by atomic mass is 9.91. The summed E-state index contributed by atoms with van der Waals surface area (Å²) < 4.78 is 46.2. The normalized spacial score (nSPS) is 18.6. The summed E-state index contributed by atoms with van der Waals surface area (Å²) in [5.74, 6) is -0.725. The summed E-state index contributed by atoms with van der Waals surface area (Å²) in [5, 5.41) is 3.32. The van der Waals surface area contributed by atoms with Gasteiger partial charge in [0, 0.05) is 23.2 Å². The van der Waals surface area contributed by atoms with Crippen LogP contribution in [0, 0.1) is 0 Å². The lowest BCUT2D eigenvalue weighted by Gasteiger charge is -2.45. The fourth-order valence-electron chi connectivity index (χ4n) is 3.01. The van der Waals surface area contributed by atoms with E-state index in [0.717, 1.165) is 17.4 Å². The monoisotopic (exact) mass is 406 g/mol. The van der Waals surface area contributed by atoms with Gasteiger partial charge in [-0.2, -0.15) is 0 Å². The first kappa shape index (κ1) is 17.2. The molecule has 1 aromatic heterocycles. The van der Waals surface area contributed by atoms with Crippen molar-refractivity contribution in [2.75, 3.05) is 19.7 Å². The van der Waals surface area contributed by atoms with Gasteiger partial charge in [0.25, 0.3) is 5.91 Å². The highest BCUT2D eigenvalue weighted by Gasteiger charge is 2.51. The minimum Gasteiger partial charge on any atom is -0.447 e. The third-order valence-electron chi connectivity index (χ3n) is 4.15. The Morgan fingerprint density at radius 1 is 1.38 bits per heavy atom. The molecule has 6 nitrogen and oxygen atoms in total. The standard InChI is InChI=1S/C15H10ClF3N2O4S/c16-10-8-2-1-7(25-15(17,18)19)3-9(8)26-11(10)12(22)21-4-14(5-21)6-24-13(23)20-14/h1-3H,4-6H2,(H,20,23). The number of hydrogen-bond donors (Lipinski definition) is 1. The summed E-state index contributed by atoms with van der Waals surface area (Å²) in [4.78, 5) is 25.5. The molecule has 0 atom stereocenters. The Hall–Kier alpha value is -2.20. The summed E-state index contributed by atoms with van der Waals surface area (Å²) in [5.41, 5.74) is -0.566. The SMILES string of the molecule is O=C1NC2(CO1)CN(C(=O)c1sc3cc(OC(F)(F)F)ccc3c1Cl)C2. The van der Waals surface area contributed by atoms with Gasteiger partial charge in [-0.15, -0.1) is 24.5 Å². The van der Waals surface area contributed by atoms with Gasteiger partial charge in [0.05, 0.1) is 5.02 Å². The van der Waals surface area contributed by atoms with Crippen molar-refractivity contribution in [3.05, 3.63) is 28.1 Å². The van der Waals surface area contributed by atoms with E-state index in [-0.39, 0.29) is 41.3 Å². The maximum atomic E-state index is 12.6. The molecule has 2 saturated heterocycles. The second-order valence-corrected chi connectivity index (χ2v) is 7.52. The number of hydrogen-bond acceptors (Lipinski definition) is 5. The molecule has 2 fully saturated rings. The maximum Gasteiger partial charge on any atom is 0.573 e. The van der Waals surface area contributed by atoms with Crippen LogP contribution in [0.25, 0.3) is 10.1 Å². The highest BCUT2D eigenvalue weighted by Crippen LogP contribution is 2.40. The van der Waals surface area contributed by atoms with E-state index in [1.165, 1.54) is 17.0 Å². The number of alkyl carbamates (subject to hydrolysis) is 1. The van der Waals surface area contributed by atoms with Crippen molar-refractivity contribution in [3.63, 3.8) is 0 Å². The average molecular weight is 407 g/mol. The molecule has 0 unspecified atom stereocenters. The number of benzene rings is 1. The van der Waals surface area contributed by atoms with E-state index in [1.54, 1.807) is 0 Å². The third kappa shape index (κ3) is 2.92. The Morgan fingerprint density at radius 2 is 2.12 bits per heavy atom. The molecule has 0 radical (unpaired) electrons. The van der Waals surface area contributed by atoms with Gasteiger partial charge in [-0.1, -0.05) is 11.6 Å². The molecular formula is C15H10ClF3N2O4S. The zero-order valence-corrected chi connectivity index (χ0v) is 14.4. The van der Waals surface area contributed by atoms with Crippen molar-refractivity contribution in [2.24, 2.45) is 0 Å². The van der Waals surface area contributed by atoms with Gasteiger partial charge in [0.15, 0.2) is 0 Å². The van der Waals surface area contributed by atoms with Crippen LogP contribution in [-0.2, 0) is 4.74 Å². The quantitative estimate of drug-likeness (QED) is 0.830. The minimum atomic E-state index is -4.80. The van der Waals surface area contributed by atoms with Crippen LogP contribution in [0.1, 0.15) is 9.67 Å². The Morgan fingerprint density at radius 3 is 2.73 bits per heavy atom. The number of amides is 2. The molecule has 2 aliphatic heterocycles. The van der Waals surface area contributed by atoms with Crippen LogP contribution in [0.4, 0.5) is 18.0 Å². The van der Waals surface area contributed by atoms with Crippen LogP contribution in [0.3, 0.4) is 0 Å². The van der Waals surface area contributed by atoms with E-state index in [4.69, 9.17) is 16.3 Å². The lowest BCUT2D eigenvalue weighted by molar-refractivity contribution is -0.274. The Balaban J connectivity index is 1.56. The molecule has 1 aromatic carbocycles. The second-order valence-electron chi connectivity index (χ2n) is 6.09. The van der Waals surface area contributed by atoms with Gasteiger partial charge >= 0.3 is 12.5 Å². The second kappa shape index (κ2) is 5.65. The summed E-state index contributed by atoms with van der Waals surface area (Å²) >= 11 is 7.23. The molecule has 0 aliphatic carbocycles. The molecule has 2 aliphatic rings. The Kier molecular flexibility index (Phi) is 3.74. The summed E-state index contributed by atoms with van der Waals surface area (Å²) in [6.07, 6.45) is -5.32. The van der Waals surface area contributed by atoms with Crippen molar-refractivity contribution in [1.29, 1.82) is 0 Å². The van der Waals surface area contributed by atoms with Crippen molar-refractivity contribution in [3.8, 4) is 5.75 Å². The van der Waals surface area contributed by atoms with Gasteiger partial charge < -0.3 is 19.7 Å². The molecular weight excluding hydrogens is 397 g/mol. The smallest absolute Gasteiger partial charge is 0.447 e. The number of likely N-dealkylation sites (tertiary alicyclic amines) is 1. The van der Waals surface area contributed by atoms with Crippen LogP contribution in [0.5, 0.6) is 5.75 Å². The number of alkyl halides is 3. The van der Waals surface area contributed by atoms with Gasteiger partial charge in [0.1, 0.15) is 22.8 Å². The van der Waals surface area contributed by atoms with Gasteiger partial charge in [0.2, 0.25) is 0 Å². The van der Waals surface area contributed by atoms with Gasteiger partial charge in [-0.25, -0.2) is 4.79 Å². The molecule has 1 N–H and O–H groups in total. The molecule has 1 spiro atoms. The number of cyclic esters (lactones) is 1. The number of carbonyl (C=O) groups is 2. The topological polar surface area (TPSA) is 67.9 Å². The first-order chi connectivity index (χ1) is 12.2. The molecule has 11 heteroatoms. The highest BCUT2D eigenvalue weighted by atomic mass is 35.5. The Labute approximate surface area is 153 Å². The molecule has 0 saturated carbocycles. The first-order valence-electron chi connectivity index (χ1n) is 7.38. The van der Waals surface area contributed by atoms with Crippen LogP contribution in [0.15, 0.2) is 18.2 Å². The van der Waals surface area contributed by atoms with E-state index in [0.29, 0.717) is 10.1 Å². The van der Waals surface area contributed by atoms with Crippen LogP contribution >= 0.6 is 22.9 Å². The minimum absolute atomic E-state index is 0.182. The van der Waals surface area contributed by atoms with Gasteiger partial charge in [-0.3, -0.25) is 4.79 Å². The number of halogens is 4. The van der Waals surface area contributed by atoms with Crippen molar-refractivity contribution in [1.82, 2.24) is 10.2 Å². The van der Waals surface area contributed by atoms with Gasteiger partial charge in [-0.05, 0) is 18.2 Å². The summed E-state index contributed by atoms with van der Waals surface area (Å²) in [6.45, 7) is 0.753. The van der Waals surface area contributed by atoms with E-state index in [1.807, 2.05) is 0 Å². The predicted molar refractivity (Wildman–Crippen MR) is 86.6 cm³/mol. The third-order valence-corrected chi connectivity index (χ3v) is 5.79. The summed E-state index contributed by atoms with van der Waals surface area (Å²) in [7, 11) is 0. The number of thiophene rings is 1. The Bertz CT molecular complexity index is 923. The fraction of sp³-hybridized carbons (Fsp3) is 0.333. The number of fused-ring (bicyclic) bond motifs is 1. The zero-order valence-electron chi connectivity index (χ0n) is 12.9. The maximum absolute atomic E-state index is 12.6. The number of nitrogens with one attached hydrogen (secondary N) is 1. The predicted octanol–water partition coefficient (Wildman–Crippen LogP) is 3.39. The molecule has 0 bridgehead atoms. The molecule has 4 rings (SSSR count). The van der Waals surface area contributed by atoms with E-state index in [9.17, 15) is 22.8 Å². The molecule has 3 heterocycles. The molecule has 138 valence electrons. The lowest BCUT2D eigenvalue weighted by Crippen LogP contribution is -2.69. The van der Waals surface area contributed by atoms with Crippen molar-refractivity contribution < 1.29 is 32.2 Å². The average Bonchev–Trinajstić information content (AvgIpc) is 3.05. The van der Waals surface area contributed by atoms with Crippen LogP contribution in [0.2, 0.25) is 5.02 Å². The number of nitrogens with zero attached hydrogens (tertiary/aromatic N) is 1. The zero-order chi connectivity index (χ0) is 18.7. The number of carbonyl (C=O) groups excluding carboxylic acids is 2. The van der Waals surface area contributed by atoms with E-state index < -0.39 is 18.0 Å². The number of rotatable bonds is 2. The van der Waals surface area contributed by atoms with Crippen LogP contribution in [-0.4, -0.2) is 48.5 Å². The highest BCUT2D eigenvalue weighted by molar-refractivity contribution is 7.21. The van der Waals surface area contributed by atoms with Crippen molar-refractivity contribution in [2.45, 2.75) is 11.9 Å². The molecule has 2 amide bonds. The number of ether oxygens (including phenoxy) is 2. The first-order valence-corrected chi connectivity index (χ1v) is 8.57. The molecule has 26 heavy (non-hydrogen) atoms. The van der Waals surface area contributed by atoms with E-state index in [2.05, 4.69) is 10.1 Å². The fourth-order valence-corrected chi connectivity index (χ4v) is 4.52.